The summed E-state index contributed by atoms with van der Waals surface area (Å²) in [6.07, 6.45) is 0. The molecule has 0 saturated carbocycles. The predicted octanol–water partition coefficient (Wildman–Crippen LogP) is 0.621. The van der Waals surface area contributed by atoms with Gasteiger partial charge in [-0.2, -0.15) is 8.78 Å². The van der Waals surface area contributed by atoms with E-state index in [0.29, 0.717) is 0 Å². The molecule has 0 saturated heterocycles. The molecule has 0 bridgehead atoms. The van der Waals surface area contributed by atoms with Gasteiger partial charge in [-0.25, -0.2) is 0 Å². The van der Waals surface area contributed by atoms with Crippen LogP contribution in [0.2, 0.25) is 5.02 Å². The maximum Gasteiger partial charge on any atom is 0.489 e. The van der Waals surface area contributed by atoms with E-state index in [-0.39, 0.29) is 16.2 Å². The standard InChI is InChI=1S/C7H6BClF2O3/c9-6-3-4(14-7(10)11)1-2-5(6)8(12)13/h1-3,7,12-13H. The topological polar surface area (TPSA) is 49.7 Å². The van der Waals surface area contributed by atoms with E-state index in [9.17, 15) is 8.78 Å². The summed E-state index contributed by atoms with van der Waals surface area (Å²) in [4.78, 5) is 0. The van der Waals surface area contributed by atoms with Crippen molar-refractivity contribution < 1.29 is 23.6 Å². The Labute approximate surface area is 84.0 Å². The highest BCUT2D eigenvalue weighted by atomic mass is 35.5. The molecule has 0 aromatic heterocycles. The number of alkyl halides is 2. The average Bonchev–Trinajstić information content (AvgIpc) is 2.01. The number of rotatable bonds is 3. The SMILES string of the molecule is OB(O)c1ccc(OC(F)F)cc1Cl. The summed E-state index contributed by atoms with van der Waals surface area (Å²) in [7, 11) is -1.73. The lowest BCUT2D eigenvalue weighted by molar-refractivity contribution is -0.0498. The van der Waals surface area contributed by atoms with Crippen LogP contribution in [-0.4, -0.2) is 23.8 Å². The minimum Gasteiger partial charge on any atom is -0.435 e. The van der Waals surface area contributed by atoms with Crippen LogP contribution in [0.25, 0.3) is 0 Å². The van der Waals surface area contributed by atoms with E-state index in [4.69, 9.17) is 21.6 Å². The van der Waals surface area contributed by atoms with Gasteiger partial charge >= 0.3 is 13.7 Å². The highest BCUT2D eigenvalue weighted by Gasteiger charge is 2.16. The van der Waals surface area contributed by atoms with Crippen molar-refractivity contribution in [2.45, 2.75) is 6.61 Å². The molecule has 7 heteroatoms. The fraction of sp³-hybridized carbons (Fsp3) is 0.143. The second-order valence-corrected chi connectivity index (χ2v) is 2.84. The van der Waals surface area contributed by atoms with Gasteiger partial charge < -0.3 is 14.8 Å². The molecule has 2 N–H and O–H groups in total. The zero-order valence-corrected chi connectivity index (χ0v) is 7.58. The van der Waals surface area contributed by atoms with Gasteiger partial charge in [0.15, 0.2) is 0 Å². The van der Waals surface area contributed by atoms with Gasteiger partial charge in [0.2, 0.25) is 0 Å². The third kappa shape index (κ3) is 2.83. The summed E-state index contributed by atoms with van der Waals surface area (Å²) >= 11 is 5.56. The molecule has 0 aliphatic rings. The molecular weight excluding hydrogens is 216 g/mol. The quantitative estimate of drug-likeness (QED) is 0.737. The largest absolute Gasteiger partial charge is 0.489 e. The molecule has 0 spiro atoms. The van der Waals surface area contributed by atoms with Crippen LogP contribution >= 0.6 is 11.6 Å². The van der Waals surface area contributed by atoms with Crippen molar-refractivity contribution in [2.75, 3.05) is 0 Å². The van der Waals surface area contributed by atoms with E-state index in [2.05, 4.69) is 4.74 Å². The molecule has 1 aromatic carbocycles. The Kier molecular flexibility index (Phi) is 3.68. The van der Waals surface area contributed by atoms with Gasteiger partial charge in [0.1, 0.15) is 5.75 Å². The lowest BCUT2D eigenvalue weighted by Crippen LogP contribution is -2.30. The number of ether oxygens (including phenoxy) is 1. The lowest BCUT2D eigenvalue weighted by Gasteiger charge is -2.07. The van der Waals surface area contributed by atoms with Crippen LogP contribution in [0.15, 0.2) is 18.2 Å². The summed E-state index contributed by atoms with van der Waals surface area (Å²) in [5.74, 6) is -0.130. The van der Waals surface area contributed by atoms with Crippen molar-refractivity contribution in [2.24, 2.45) is 0 Å². The van der Waals surface area contributed by atoms with E-state index in [1.54, 1.807) is 0 Å². The van der Waals surface area contributed by atoms with Crippen LogP contribution in [0.5, 0.6) is 5.75 Å². The van der Waals surface area contributed by atoms with Gasteiger partial charge in [0, 0.05) is 10.5 Å². The summed E-state index contributed by atoms with van der Waals surface area (Å²) in [6, 6.07) is 3.46. The molecule has 3 nitrogen and oxygen atoms in total. The molecule has 1 rings (SSSR count). The number of benzene rings is 1. The first-order valence-corrected chi connectivity index (χ1v) is 3.99. The normalized spacial score (nSPS) is 10.4. The monoisotopic (exact) mass is 222 g/mol. The Morgan fingerprint density at radius 2 is 2.00 bits per heavy atom. The minimum absolute atomic E-state index is 0.0354. The molecule has 0 atom stereocenters. The van der Waals surface area contributed by atoms with E-state index in [1.807, 2.05) is 0 Å². The Bertz CT molecular complexity index is 322. The molecule has 0 fully saturated rings. The molecule has 0 heterocycles. The Morgan fingerprint density at radius 1 is 1.36 bits per heavy atom. The zero-order valence-electron chi connectivity index (χ0n) is 6.82. The first kappa shape index (κ1) is 11.2. The van der Waals surface area contributed by atoms with Crippen molar-refractivity contribution in [1.29, 1.82) is 0 Å². The highest BCUT2D eigenvalue weighted by molar-refractivity contribution is 6.62. The van der Waals surface area contributed by atoms with Gasteiger partial charge in [0.05, 0.1) is 0 Å². The first-order chi connectivity index (χ1) is 6.50. The van der Waals surface area contributed by atoms with Crippen molar-refractivity contribution in [3.63, 3.8) is 0 Å². The Morgan fingerprint density at radius 3 is 2.43 bits per heavy atom. The molecule has 0 unspecified atom stereocenters. The van der Waals surface area contributed by atoms with Crippen molar-refractivity contribution >= 4 is 24.2 Å². The lowest BCUT2D eigenvalue weighted by atomic mass is 9.80. The predicted molar refractivity (Wildman–Crippen MR) is 47.9 cm³/mol. The van der Waals surface area contributed by atoms with Crippen molar-refractivity contribution in [3.05, 3.63) is 23.2 Å². The van der Waals surface area contributed by atoms with Crippen LogP contribution in [0.4, 0.5) is 8.78 Å². The second-order valence-electron chi connectivity index (χ2n) is 2.44. The molecule has 76 valence electrons. The van der Waals surface area contributed by atoms with Gasteiger partial charge in [-0.15, -0.1) is 0 Å². The molecule has 0 aliphatic heterocycles. The number of hydrogen-bond donors (Lipinski definition) is 2. The smallest absolute Gasteiger partial charge is 0.435 e. The van der Waals surface area contributed by atoms with Crippen molar-refractivity contribution in [1.82, 2.24) is 0 Å². The maximum atomic E-state index is 11.7. The molecule has 1 aromatic rings. The molecular formula is C7H6BClF2O3. The maximum absolute atomic E-state index is 11.7. The number of halogens is 3. The van der Waals surface area contributed by atoms with Crippen LogP contribution in [0, 0.1) is 0 Å². The highest BCUT2D eigenvalue weighted by Crippen LogP contribution is 2.17. The molecule has 0 aliphatic carbocycles. The third-order valence-electron chi connectivity index (χ3n) is 1.48. The van der Waals surface area contributed by atoms with Crippen LogP contribution < -0.4 is 10.2 Å². The Hall–Kier alpha value is -0.845. The molecule has 14 heavy (non-hydrogen) atoms. The summed E-state index contributed by atoms with van der Waals surface area (Å²) in [6.45, 7) is -2.93. The third-order valence-corrected chi connectivity index (χ3v) is 1.80. The first-order valence-electron chi connectivity index (χ1n) is 3.61. The van der Waals surface area contributed by atoms with E-state index in [1.165, 1.54) is 12.1 Å². The van der Waals surface area contributed by atoms with Gasteiger partial charge in [-0.3, -0.25) is 0 Å². The fourth-order valence-electron chi connectivity index (χ4n) is 0.893. The average molecular weight is 222 g/mol. The second kappa shape index (κ2) is 4.59. The Balaban J connectivity index is 2.89. The van der Waals surface area contributed by atoms with Gasteiger partial charge in [-0.1, -0.05) is 17.7 Å². The van der Waals surface area contributed by atoms with E-state index >= 15 is 0 Å². The van der Waals surface area contributed by atoms with Gasteiger partial charge in [-0.05, 0) is 12.1 Å². The molecule has 0 radical (unpaired) electrons. The van der Waals surface area contributed by atoms with Crippen LogP contribution in [0.1, 0.15) is 0 Å². The van der Waals surface area contributed by atoms with Crippen LogP contribution in [-0.2, 0) is 0 Å². The van der Waals surface area contributed by atoms with E-state index < -0.39 is 13.7 Å². The zero-order chi connectivity index (χ0) is 10.7. The van der Waals surface area contributed by atoms with Gasteiger partial charge in [0.25, 0.3) is 0 Å². The summed E-state index contributed by atoms with van der Waals surface area (Å²) in [5.41, 5.74) is 0.0354. The fourth-order valence-corrected chi connectivity index (χ4v) is 1.16. The van der Waals surface area contributed by atoms with Crippen molar-refractivity contribution in [3.8, 4) is 5.75 Å². The summed E-state index contributed by atoms with van der Waals surface area (Å²) < 4.78 is 27.5. The number of hydrogen-bond acceptors (Lipinski definition) is 3. The molecule has 0 amide bonds. The minimum atomic E-state index is -2.93. The van der Waals surface area contributed by atoms with E-state index in [0.717, 1.165) is 6.07 Å². The summed E-state index contributed by atoms with van der Waals surface area (Å²) in [5, 5.41) is 17.5. The van der Waals surface area contributed by atoms with Crippen LogP contribution in [0.3, 0.4) is 0 Å².